The molecule has 1 saturated carbocycles. The van der Waals surface area contributed by atoms with Gasteiger partial charge in [-0.2, -0.15) is 15.3 Å². The molecule has 21 heavy (non-hydrogen) atoms. The fourth-order valence-corrected chi connectivity index (χ4v) is 2.80. The normalized spacial score (nSPS) is 25.7. The van der Waals surface area contributed by atoms with E-state index in [1.165, 1.54) is 6.20 Å². The van der Waals surface area contributed by atoms with Gasteiger partial charge in [-0.25, -0.2) is 0 Å². The van der Waals surface area contributed by atoms with Crippen LogP contribution < -0.4 is 0 Å². The minimum Gasteiger partial charge on any atom is -0.370 e. The molecule has 0 atom stereocenters. The molecule has 3 rings (SSSR count). The molecule has 2 aromatic heterocycles. The first kappa shape index (κ1) is 13.8. The van der Waals surface area contributed by atoms with E-state index in [1.807, 2.05) is 6.07 Å². The number of nitrogens with one attached hydrogen (secondary N) is 1. The van der Waals surface area contributed by atoms with E-state index in [0.717, 1.165) is 25.7 Å². The summed E-state index contributed by atoms with van der Waals surface area (Å²) in [4.78, 5) is 4.44. The molecule has 0 aromatic carbocycles. The SMILES string of the molecule is COC1(c2noc(-c3cn[nH]c3C#N)n2)CCC(C)CC1. The van der Waals surface area contributed by atoms with Crippen LogP contribution in [0.3, 0.4) is 0 Å². The second kappa shape index (κ2) is 5.30. The summed E-state index contributed by atoms with van der Waals surface area (Å²) in [6, 6.07) is 2.02. The first-order valence-corrected chi connectivity index (χ1v) is 7.01. The van der Waals surface area contributed by atoms with Crippen molar-refractivity contribution in [1.29, 1.82) is 5.26 Å². The standard InChI is InChI=1S/C14H17N5O2/c1-9-3-5-14(20-2,6-4-9)13-17-12(21-19-13)10-8-16-18-11(10)7-15/h8-9H,3-6H2,1-2H3,(H,16,18). The second-order valence-electron chi connectivity index (χ2n) is 5.57. The predicted octanol–water partition coefficient (Wildman–Crippen LogP) is 2.38. The van der Waals surface area contributed by atoms with Gasteiger partial charge in [0.25, 0.3) is 5.89 Å². The van der Waals surface area contributed by atoms with Gasteiger partial charge in [-0.3, -0.25) is 5.10 Å². The molecule has 1 aliphatic rings. The minimum atomic E-state index is -0.481. The van der Waals surface area contributed by atoms with Gasteiger partial charge in [-0.15, -0.1) is 0 Å². The molecule has 0 amide bonds. The number of H-pyrrole nitrogens is 1. The van der Waals surface area contributed by atoms with Gasteiger partial charge in [0.15, 0.2) is 0 Å². The zero-order valence-corrected chi connectivity index (χ0v) is 12.1. The maximum Gasteiger partial charge on any atom is 0.262 e. The topological polar surface area (TPSA) is 101 Å². The van der Waals surface area contributed by atoms with Crippen molar-refractivity contribution in [2.24, 2.45) is 5.92 Å². The van der Waals surface area contributed by atoms with Crippen LogP contribution in [-0.2, 0) is 10.3 Å². The number of nitriles is 1. The summed E-state index contributed by atoms with van der Waals surface area (Å²) in [6.07, 6.45) is 5.41. The average molecular weight is 287 g/mol. The molecule has 1 N–H and O–H groups in total. The first-order valence-electron chi connectivity index (χ1n) is 7.01. The lowest BCUT2D eigenvalue weighted by atomic mass is 9.79. The van der Waals surface area contributed by atoms with E-state index in [-0.39, 0.29) is 0 Å². The summed E-state index contributed by atoms with van der Waals surface area (Å²) in [6.45, 7) is 2.24. The van der Waals surface area contributed by atoms with E-state index in [2.05, 4.69) is 27.3 Å². The van der Waals surface area contributed by atoms with Gasteiger partial charge in [0.05, 0.1) is 11.8 Å². The van der Waals surface area contributed by atoms with Crippen LogP contribution in [0.2, 0.25) is 0 Å². The largest absolute Gasteiger partial charge is 0.370 e. The van der Waals surface area contributed by atoms with Crippen molar-refractivity contribution in [2.45, 2.75) is 38.2 Å². The number of aromatic amines is 1. The highest BCUT2D eigenvalue weighted by Gasteiger charge is 2.40. The maximum absolute atomic E-state index is 9.01. The molecule has 0 radical (unpaired) electrons. The fourth-order valence-electron chi connectivity index (χ4n) is 2.80. The number of methoxy groups -OCH3 is 1. The van der Waals surface area contributed by atoms with E-state index in [4.69, 9.17) is 14.5 Å². The fraction of sp³-hybridized carbons (Fsp3) is 0.571. The van der Waals surface area contributed by atoms with Crippen LogP contribution in [0, 0.1) is 17.2 Å². The molecule has 0 aliphatic heterocycles. The zero-order chi connectivity index (χ0) is 14.9. The van der Waals surface area contributed by atoms with Crippen LogP contribution in [0.5, 0.6) is 0 Å². The van der Waals surface area contributed by atoms with E-state index in [0.29, 0.717) is 28.9 Å². The summed E-state index contributed by atoms with van der Waals surface area (Å²) < 4.78 is 11.0. The van der Waals surface area contributed by atoms with E-state index in [9.17, 15) is 0 Å². The molecule has 7 nitrogen and oxygen atoms in total. The second-order valence-corrected chi connectivity index (χ2v) is 5.57. The molecule has 2 aromatic rings. The third kappa shape index (κ3) is 2.32. The summed E-state index contributed by atoms with van der Waals surface area (Å²) in [5.74, 6) is 1.54. The first-order chi connectivity index (χ1) is 10.2. The van der Waals surface area contributed by atoms with E-state index < -0.39 is 5.60 Å². The van der Waals surface area contributed by atoms with Crippen molar-refractivity contribution in [1.82, 2.24) is 20.3 Å². The van der Waals surface area contributed by atoms with Crippen molar-refractivity contribution in [3.05, 3.63) is 17.7 Å². The Bertz CT molecular complexity index is 661. The monoisotopic (exact) mass is 287 g/mol. The molecule has 0 unspecified atom stereocenters. The van der Waals surface area contributed by atoms with Crippen LogP contribution >= 0.6 is 0 Å². The summed E-state index contributed by atoms with van der Waals surface area (Å²) >= 11 is 0. The number of rotatable bonds is 3. The van der Waals surface area contributed by atoms with Crippen LogP contribution in [0.25, 0.3) is 11.5 Å². The van der Waals surface area contributed by atoms with E-state index >= 15 is 0 Å². The maximum atomic E-state index is 9.01. The molecule has 110 valence electrons. The lowest BCUT2D eigenvalue weighted by Crippen LogP contribution is -2.34. The van der Waals surface area contributed by atoms with Gasteiger partial charge in [-0.05, 0) is 31.6 Å². The van der Waals surface area contributed by atoms with Crippen LogP contribution in [0.1, 0.15) is 44.1 Å². The number of aromatic nitrogens is 4. The van der Waals surface area contributed by atoms with Crippen molar-refractivity contribution in [3.8, 4) is 17.5 Å². The molecule has 7 heteroatoms. The molecule has 1 fully saturated rings. The quantitative estimate of drug-likeness (QED) is 0.930. The molecule has 2 heterocycles. The average Bonchev–Trinajstić information content (AvgIpc) is 3.17. The number of hydrogen-bond donors (Lipinski definition) is 1. The smallest absolute Gasteiger partial charge is 0.262 e. The Kier molecular flexibility index (Phi) is 3.47. The van der Waals surface area contributed by atoms with Gasteiger partial charge in [-0.1, -0.05) is 12.1 Å². The molecule has 0 bridgehead atoms. The van der Waals surface area contributed by atoms with E-state index in [1.54, 1.807) is 7.11 Å². The Hall–Kier alpha value is -2.20. The van der Waals surface area contributed by atoms with Crippen LogP contribution in [0.4, 0.5) is 0 Å². The minimum absolute atomic E-state index is 0.297. The van der Waals surface area contributed by atoms with Gasteiger partial charge >= 0.3 is 0 Å². The molecular formula is C14H17N5O2. The lowest BCUT2D eigenvalue weighted by molar-refractivity contribution is -0.0609. The Morgan fingerprint density at radius 3 is 2.90 bits per heavy atom. The number of ether oxygens (including phenoxy) is 1. The Morgan fingerprint density at radius 1 is 1.48 bits per heavy atom. The summed E-state index contributed by atoms with van der Waals surface area (Å²) in [5, 5.41) is 19.5. The van der Waals surface area contributed by atoms with Crippen molar-refractivity contribution in [2.75, 3.05) is 7.11 Å². The zero-order valence-electron chi connectivity index (χ0n) is 12.1. The third-order valence-corrected chi connectivity index (χ3v) is 4.29. The van der Waals surface area contributed by atoms with Gasteiger partial charge in [0, 0.05) is 7.11 Å². The summed E-state index contributed by atoms with van der Waals surface area (Å²) in [7, 11) is 1.69. The molecule has 0 saturated heterocycles. The predicted molar refractivity (Wildman–Crippen MR) is 72.9 cm³/mol. The molecule has 1 aliphatic carbocycles. The Morgan fingerprint density at radius 2 is 2.24 bits per heavy atom. The van der Waals surface area contributed by atoms with Crippen molar-refractivity contribution < 1.29 is 9.26 Å². The van der Waals surface area contributed by atoms with Gasteiger partial charge in [0.1, 0.15) is 17.4 Å². The molecule has 0 spiro atoms. The summed E-state index contributed by atoms with van der Waals surface area (Å²) in [5.41, 5.74) is 0.353. The number of nitrogens with zero attached hydrogens (tertiary/aromatic N) is 4. The highest BCUT2D eigenvalue weighted by molar-refractivity contribution is 5.59. The Balaban J connectivity index is 1.92. The third-order valence-electron chi connectivity index (χ3n) is 4.29. The van der Waals surface area contributed by atoms with Crippen LogP contribution in [-0.4, -0.2) is 27.4 Å². The van der Waals surface area contributed by atoms with Crippen molar-refractivity contribution in [3.63, 3.8) is 0 Å². The highest BCUT2D eigenvalue weighted by Crippen LogP contribution is 2.41. The highest BCUT2D eigenvalue weighted by atomic mass is 16.5. The molecular weight excluding hydrogens is 270 g/mol. The van der Waals surface area contributed by atoms with Gasteiger partial charge < -0.3 is 9.26 Å². The lowest BCUT2D eigenvalue weighted by Gasteiger charge is -2.35. The van der Waals surface area contributed by atoms with Gasteiger partial charge in [0.2, 0.25) is 5.82 Å². The van der Waals surface area contributed by atoms with Crippen molar-refractivity contribution >= 4 is 0 Å². The number of hydrogen-bond acceptors (Lipinski definition) is 6. The Labute approximate surface area is 122 Å². The van der Waals surface area contributed by atoms with Crippen LogP contribution in [0.15, 0.2) is 10.7 Å².